The Balaban J connectivity index is 2.24. The van der Waals surface area contributed by atoms with Crippen molar-refractivity contribution in [3.63, 3.8) is 0 Å². The molecule has 2 rings (SSSR count). The Morgan fingerprint density at radius 1 is 1.08 bits per heavy atom. The predicted octanol–water partition coefficient (Wildman–Crippen LogP) is 3.79. The zero-order chi connectivity index (χ0) is 18.3. The number of hydrogen-bond donors (Lipinski definition) is 3. The van der Waals surface area contributed by atoms with Crippen LogP contribution in [-0.4, -0.2) is 26.0 Å². The molecule has 0 saturated carbocycles. The van der Waals surface area contributed by atoms with Crippen LogP contribution in [0.15, 0.2) is 53.4 Å². The van der Waals surface area contributed by atoms with Gasteiger partial charge in [-0.25, -0.2) is 13.2 Å². The highest BCUT2D eigenvalue weighted by Crippen LogP contribution is 2.23. The van der Waals surface area contributed by atoms with E-state index in [0.29, 0.717) is 17.9 Å². The highest BCUT2D eigenvalue weighted by atomic mass is 32.2. The maximum Gasteiger partial charge on any atom is 0.337 e. The zero-order valence-electron chi connectivity index (χ0n) is 14.0. The molecule has 0 spiro atoms. The molecule has 3 N–H and O–H groups in total. The summed E-state index contributed by atoms with van der Waals surface area (Å²) in [4.78, 5) is 11.4. The molecule has 0 unspecified atom stereocenters. The van der Waals surface area contributed by atoms with Gasteiger partial charge in [-0.15, -0.1) is 0 Å². The van der Waals surface area contributed by atoms with Crippen LogP contribution in [0.1, 0.15) is 36.5 Å². The fraction of sp³-hybridized carbons (Fsp3) is 0.278. The summed E-state index contributed by atoms with van der Waals surface area (Å²) in [5.74, 6) is -1.17. The van der Waals surface area contributed by atoms with Crippen molar-refractivity contribution >= 4 is 27.4 Å². The minimum atomic E-state index is -3.86. The van der Waals surface area contributed by atoms with Crippen molar-refractivity contribution in [1.82, 2.24) is 0 Å². The Morgan fingerprint density at radius 2 is 1.80 bits per heavy atom. The number of carbonyl (C=O) groups is 1. The van der Waals surface area contributed by atoms with Gasteiger partial charge in [0.05, 0.1) is 10.5 Å². The molecule has 0 aliphatic carbocycles. The molecule has 0 atom stereocenters. The van der Waals surface area contributed by atoms with Crippen LogP contribution in [0, 0.1) is 0 Å². The monoisotopic (exact) mass is 362 g/mol. The van der Waals surface area contributed by atoms with Crippen LogP contribution in [0.2, 0.25) is 0 Å². The molecule has 25 heavy (non-hydrogen) atoms. The third kappa shape index (κ3) is 5.22. The molecule has 0 heterocycles. The second-order valence-electron chi connectivity index (χ2n) is 5.62. The minimum absolute atomic E-state index is 0.0626. The van der Waals surface area contributed by atoms with Gasteiger partial charge in [-0.3, -0.25) is 4.72 Å². The van der Waals surface area contributed by atoms with Gasteiger partial charge in [-0.2, -0.15) is 0 Å². The number of sulfonamides is 1. The fourth-order valence-corrected chi connectivity index (χ4v) is 3.42. The Kier molecular flexibility index (Phi) is 6.41. The molecule has 2 aromatic rings. The Labute approximate surface area is 147 Å². The summed E-state index contributed by atoms with van der Waals surface area (Å²) in [5.41, 5.74) is 0.774. The van der Waals surface area contributed by atoms with Crippen LogP contribution < -0.4 is 10.0 Å². The van der Waals surface area contributed by atoms with E-state index in [-0.39, 0.29) is 10.5 Å². The van der Waals surface area contributed by atoms with Crippen LogP contribution in [-0.2, 0) is 10.0 Å². The summed E-state index contributed by atoms with van der Waals surface area (Å²) in [6, 6.07) is 12.5. The van der Waals surface area contributed by atoms with Crippen LogP contribution in [0.4, 0.5) is 11.4 Å². The van der Waals surface area contributed by atoms with Gasteiger partial charge in [0.1, 0.15) is 0 Å². The number of rotatable bonds is 9. The van der Waals surface area contributed by atoms with Gasteiger partial charge in [-0.05, 0) is 36.8 Å². The number of benzene rings is 2. The van der Waals surface area contributed by atoms with Gasteiger partial charge in [0, 0.05) is 17.9 Å². The normalized spacial score (nSPS) is 11.1. The average Bonchev–Trinajstić information content (AvgIpc) is 2.59. The molecule has 2 aromatic carbocycles. The van der Waals surface area contributed by atoms with Gasteiger partial charge < -0.3 is 10.4 Å². The summed E-state index contributed by atoms with van der Waals surface area (Å²) in [5, 5.41) is 12.5. The molecule has 6 nitrogen and oxygen atoms in total. The van der Waals surface area contributed by atoms with Gasteiger partial charge in [0.2, 0.25) is 0 Å². The second-order valence-corrected chi connectivity index (χ2v) is 7.30. The zero-order valence-corrected chi connectivity index (χ0v) is 14.8. The van der Waals surface area contributed by atoms with E-state index in [4.69, 9.17) is 0 Å². The smallest absolute Gasteiger partial charge is 0.337 e. The first-order chi connectivity index (χ1) is 11.9. The Bertz CT molecular complexity index is 820. The molecule has 0 saturated heterocycles. The molecule has 0 aromatic heterocycles. The molecular weight excluding hydrogens is 340 g/mol. The van der Waals surface area contributed by atoms with Gasteiger partial charge in [0.15, 0.2) is 0 Å². The molecule has 0 aliphatic rings. The molecular formula is C18H22N2O4S. The summed E-state index contributed by atoms with van der Waals surface area (Å²) >= 11 is 0. The lowest BCUT2D eigenvalue weighted by Crippen LogP contribution is -2.15. The van der Waals surface area contributed by atoms with Gasteiger partial charge in [0.25, 0.3) is 10.0 Å². The van der Waals surface area contributed by atoms with E-state index >= 15 is 0 Å². The first-order valence-corrected chi connectivity index (χ1v) is 9.61. The number of para-hydroxylation sites is 1. The van der Waals surface area contributed by atoms with Gasteiger partial charge in [-0.1, -0.05) is 38.0 Å². The van der Waals surface area contributed by atoms with Crippen molar-refractivity contribution in [3.8, 4) is 0 Å². The number of aromatic carboxylic acids is 1. The Hall–Kier alpha value is -2.54. The SMILES string of the molecule is CCCCCNc1ccc(S(=O)(=O)Nc2ccccc2)cc1C(=O)O. The standard InChI is InChI=1S/C18H22N2O4S/c1-2-3-7-12-19-17-11-10-15(13-16(17)18(21)22)25(23,24)20-14-8-5-4-6-9-14/h4-6,8-11,13,19-20H,2-3,7,12H2,1H3,(H,21,22). The van der Waals surface area contributed by atoms with E-state index in [0.717, 1.165) is 19.3 Å². The van der Waals surface area contributed by atoms with Crippen LogP contribution >= 0.6 is 0 Å². The van der Waals surface area contributed by atoms with Gasteiger partial charge >= 0.3 is 5.97 Å². The van der Waals surface area contributed by atoms with E-state index in [2.05, 4.69) is 17.0 Å². The lowest BCUT2D eigenvalue weighted by molar-refractivity contribution is 0.0697. The first kappa shape index (κ1) is 18.8. The third-order valence-corrected chi connectivity index (χ3v) is 5.03. The molecule has 0 aliphatic heterocycles. The number of unbranched alkanes of at least 4 members (excludes halogenated alkanes) is 2. The number of nitrogens with one attached hydrogen (secondary N) is 2. The molecule has 0 bridgehead atoms. The summed E-state index contributed by atoms with van der Waals surface area (Å²) < 4.78 is 27.4. The number of hydrogen-bond acceptors (Lipinski definition) is 4. The van der Waals surface area contributed by atoms with Crippen molar-refractivity contribution in [2.75, 3.05) is 16.6 Å². The lowest BCUT2D eigenvalue weighted by atomic mass is 10.1. The minimum Gasteiger partial charge on any atom is -0.478 e. The maximum atomic E-state index is 12.5. The quantitative estimate of drug-likeness (QED) is 0.590. The summed E-state index contributed by atoms with van der Waals surface area (Å²) in [7, 11) is -3.86. The van der Waals surface area contributed by atoms with E-state index in [9.17, 15) is 18.3 Å². The van der Waals surface area contributed by atoms with E-state index < -0.39 is 16.0 Å². The van der Waals surface area contributed by atoms with Crippen LogP contribution in [0.5, 0.6) is 0 Å². The average molecular weight is 362 g/mol. The van der Waals surface area contributed by atoms with Crippen LogP contribution in [0.25, 0.3) is 0 Å². The molecule has 0 fully saturated rings. The van der Waals surface area contributed by atoms with E-state index in [1.165, 1.54) is 18.2 Å². The topological polar surface area (TPSA) is 95.5 Å². The maximum absolute atomic E-state index is 12.5. The Morgan fingerprint density at radius 3 is 2.44 bits per heavy atom. The largest absolute Gasteiger partial charge is 0.478 e. The van der Waals surface area contributed by atoms with Crippen molar-refractivity contribution in [1.29, 1.82) is 0 Å². The third-order valence-electron chi connectivity index (χ3n) is 3.65. The predicted molar refractivity (Wildman–Crippen MR) is 98.7 cm³/mol. The molecule has 0 amide bonds. The molecule has 7 heteroatoms. The van der Waals surface area contributed by atoms with E-state index in [1.807, 2.05) is 0 Å². The highest BCUT2D eigenvalue weighted by Gasteiger charge is 2.19. The highest BCUT2D eigenvalue weighted by molar-refractivity contribution is 7.92. The van der Waals surface area contributed by atoms with Crippen molar-refractivity contribution < 1.29 is 18.3 Å². The second kappa shape index (κ2) is 8.53. The molecule has 134 valence electrons. The number of anilines is 2. The molecule has 0 radical (unpaired) electrons. The van der Waals surface area contributed by atoms with Crippen molar-refractivity contribution in [2.24, 2.45) is 0 Å². The van der Waals surface area contributed by atoms with Crippen LogP contribution in [0.3, 0.4) is 0 Å². The summed E-state index contributed by atoms with van der Waals surface area (Å²) in [6.07, 6.45) is 3.03. The number of carboxylic acids is 1. The fourth-order valence-electron chi connectivity index (χ4n) is 2.34. The van der Waals surface area contributed by atoms with E-state index in [1.54, 1.807) is 30.3 Å². The summed E-state index contributed by atoms with van der Waals surface area (Å²) in [6.45, 7) is 2.73. The van der Waals surface area contributed by atoms with Crippen molar-refractivity contribution in [3.05, 3.63) is 54.1 Å². The number of carboxylic acid groups (broad SMARTS) is 1. The van der Waals surface area contributed by atoms with Crippen molar-refractivity contribution in [2.45, 2.75) is 31.1 Å². The first-order valence-electron chi connectivity index (χ1n) is 8.13. The lowest BCUT2D eigenvalue weighted by Gasteiger charge is -2.12.